The minimum atomic E-state index is 0.574. The van der Waals surface area contributed by atoms with Crippen molar-refractivity contribution in [3.63, 3.8) is 0 Å². The molecule has 10 heavy (non-hydrogen) atoms. The Balaban J connectivity index is 2.86. The van der Waals surface area contributed by atoms with Crippen LogP contribution in [0.25, 0.3) is 5.65 Å². The number of aromatic nitrogens is 3. The molecule has 0 saturated carbocycles. The van der Waals surface area contributed by atoms with Crippen LogP contribution in [0.2, 0.25) is 5.02 Å². The molecule has 0 aliphatic rings. The molecule has 2 aromatic rings. The fraction of sp³-hybridized carbons (Fsp3) is 0. The predicted molar refractivity (Wildman–Crippen MR) is 36.8 cm³/mol. The summed E-state index contributed by atoms with van der Waals surface area (Å²) in [6, 6.07) is 2.83. The average molecular weight is 153 g/mol. The molecule has 0 N–H and O–H groups in total. The van der Waals surface area contributed by atoms with E-state index >= 15 is 0 Å². The first-order valence-electron chi connectivity index (χ1n) is 2.73. The second-order valence-corrected chi connectivity index (χ2v) is 2.27. The lowest BCUT2D eigenvalue weighted by atomic mass is 10.6. The summed E-state index contributed by atoms with van der Waals surface area (Å²) < 4.78 is 1.57. The molecular weight excluding hydrogens is 150 g/mol. The average Bonchev–Trinajstić information content (AvgIpc) is 2.33. The molecule has 0 aliphatic carbocycles. The topological polar surface area (TPSA) is 30.2 Å². The van der Waals surface area contributed by atoms with E-state index < -0.39 is 0 Å². The third kappa shape index (κ3) is 0.752. The summed E-state index contributed by atoms with van der Waals surface area (Å²) in [7, 11) is 0. The van der Waals surface area contributed by atoms with Gasteiger partial charge < -0.3 is 0 Å². The number of hydrogen-bond donors (Lipinski definition) is 0. The zero-order valence-electron chi connectivity index (χ0n) is 4.95. The van der Waals surface area contributed by atoms with Gasteiger partial charge in [0.25, 0.3) is 0 Å². The van der Waals surface area contributed by atoms with Crippen LogP contribution >= 0.6 is 11.6 Å². The third-order valence-electron chi connectivity index (χ3n) is 1.15. The van der Waals surface area contributed by atoms with E-state index in [1.807, 2.05) is 0 Å². The summed E-state index contributed by atoms with van der Waals surface area (Å²) in [5.41, 5.74) is 0.685. The highest BCUT2D eigenvalue weighted by Gasteiger charge is 1.93. The molecule has 2 aromatic heterocycles. The summed E-state index contributed by atoms with van der Waals surface area (Å²) in [5, 5.41) is 4.47. The monoisotopic (exact) mass is 152 g/mol. The molecule has 0 fully saturated rings. The Bertz CT molecular complexity index is 355. The van der Waals surface area contributed by atoms with Gasteiger partial charge in [0.2, 0.25) is 0 Å². The molecule has 2 heterocycles. The first-order chi connectivity index (χ1) is 4.86. The summed E-state index contributed by atoms with van der Waals surface area (Å²) in [4.78, 5) is 3.95. The Kier molecular flexibility index (Phi) is 1.11. The van der Waals surface area contributed by atoms with E-state index in [-0.39, 0.29) is 0 Å². The van der Waals surface area contributed by atoms with Gasteiger partial charge in [0.15, 0.2) is 5.65 Å². The Morgan fingerprint density at radius 2 is 2.50 bits per heavy atom. The number of halogens is 1. The lowest BCUT2D eigenvalue weighted by Crippen LogP contribution is -1.87. The molecule has 0 aliphatic heterocycles. The van der Waals surface area contributed by atoms with Crippen molar-refractivity contribution >= 4 is 17.2 Å². The van der Waals surface area contributed by atoms with Gasteiger partial charge in [-0.2, -0.15) is 5.10 Å². The van der Waals surface area contributed by atoms with E-state index in [0.29, 0.717) is 10.7 Å². The van der Waals surface area contributed by atoms with Crippen LogP contribution in [0, 0.1) is 6.07 Å². The van der Waals surface area contributed by atoms with Crippen molar-refractivity contribution in [1.29, 1.82) is 0 Å². The Morgan fingerprint density at radius 1 is 1.60 bits per heavy atom. The van der Waals surface area contributed by atoms with Crippen LogP contribution < -0.4 is 0 Å². The first-order valence-corrected chi connectivity index (χ1v) is 3.10. The van der Waals surface area contributed by atoms with Gasteiger partial charge in [-0.1, -0.05) is 11.6 Å². The van der Waals surface area contributed by atoms with E-state index in [4.69, 9.17) is 11.6 Å². The van der Waals surface area contributed by atoms with E-state index in [0.717, 1.165) is 0 Å². The number of nitrogens with zero attached hydrogens (tertiary/aromatic N) is 3. The molecule has 0 unspecified atom stereocenters. The summed E-state index contributed by atoms with van der Waals surface area (Å²) >= 11 is 5.64. The van der Waals surface area contributed by atoms with Gasteiger partial charge in [-0.25, -0.2) is 9.50 Å². The van der Waals surface area contributed by atoms with Crippen molar-refractivity contribution in [3.8, 4) is 0 Å². The summed E-state index contributed by atoms with van der Waals surface area (Å²) in [6.45, 7) is 0. The lowest BCUT2D eigenvalue weighted by Gasteiger charge is -1.89. The quantitative estimate of drug-likeness (QED) is 0.568. The smallest absolute Gasteiger partial charge is 0.163 e. The molecule has 0 bridgehead atoms. The number of fused-ring (bicyclic) bond motifs is 1. The lowest BCUT2D eigenvalue weighted by molar-refractivity contribution is 0.939. The maximum Gasteiger partial charge on any atom is 0.163 e. The minimum absolute atomic E-state index is 0.574. The van der Waals surface area contributed by atoms with Crippen LogP contribution in [-0.2, 0) is 0 Å². The maximum atomic E-state index is 5.64. The molecule has 49 valence electrons. The van der Waals surface area contributed by atoms with Gasteiger partial charge in [0.1, 0.15) is 0 Å². The highest BCUT2D eigenvalue weighted by molar-refractivity contribution is 6.30. The van der Waals surface area contributed by atoms with E-state index in [2.05, 4.69) is 16.1 Å². The minimum Gasteiger partial charge on any atom is -0.235 e. The van der Waals surface area contributed by atoms with Gasteiger partial charge in [0, 0.05) is 6.20 Å². The molecule has 4 heteroatoms. The van der Waals surface area contributed by atoms with Crippen LogP contribution in [0.15, 0.2) is 18.6 Å². The number of rotatable bonds is 0. The van der Waals surface area contributed by atoms with Crippen molar-refractivity contribution in [2.24, 2.45) is 0 Å². The van der Waals surface area contributed by atoms with Gasteiger partial charge in [-0.15, -0.1) is 0 Å². The van der Waals surface area contributed by atoms with Gasteiger partial charge >= 0.3 is 0 Å². The Hall–Kier alpha value is -1.09. The summed E-state index contributed by atoms with van der Waals surface area (Å²) in [5.74, 6) is 0. The molecule has 1 radical (unpaired) electrons. The molecule has 0 saturated heterocycles. The van der Waals surface area contributed by atoms with Gasteiger partial charge in [-0.05, 0) is 0 Å². The predicted octanol–water partition coefficient (Wildman–Crippen LogP) is 1.18. The van der Waals surface area contributed by atoms with Crippen LogP contribution in [0.3, 0.4) is 0 Å². The van der Waals surface area contributed by atoms with Crippen LogP contribution in [-0.4, -0.2) is 14.6 Å². The number of hydrogen-bond acceptors (Lipinski definition) is 2. The van der Waals surface area contributed by atoms with E-state index in [1.165, 1.54) is 0 Å². The first kappa shape index (κ1) is 5.68. The normalized spacial score (nSPS) is 10.5. The maximum absolute atomic E-state index is 5.64. The fourth-order valence-electron chi connectivity index (χ4n) is 0.733. The highest BCUT2D eigenvalue weighted by atomic mass is 35.5. The Labute approximate surface area is 62.3 Å². The molecule has 0 spiro atoms. The zero-order chi connectivity index (χ0) is 6.97. The van der Waals surface area contributed by atoms with Gasteiger partial charge in [-0.3, -0.25) is 0 Å². The molecule has 0 aromatic carbocycles. The molecular formula is C6H3ClN3. The second kappa shape index (κ2) is 1.95. The van der Waals surface area contributed by atoms with E-state index in [1.54, 1.807) is 23.1 Å². The Morgan fingerprint density at radius 3 is 3.40 bits per heavy atom. The van der Waals surface area contributed by atoms with E-state index in [9.17, 15) is 0 Å². The van der Waals surface area contributed by atoms with Crippen molar-refractivity contribution in [2.45, 2.75) is 0 Å². The zero-order valence-corrected chi connectivity index (χ0v) is 5.71. The molecule has 0 atom stereocenters. The fourth-order valence-corrected chi connectivity index (χ4v) is 0.875. The highest BCUT2D eigenvalue weighted by Crippen LogP contribution is 2.05. The second-order valence-electron chi connectivity index (χ2n) is 1.83. The van der Waals surface area contributed by atoms with Gasteiger partial charge in [0.05, 0.1) is 23.5 Å². The molecule has 2 rings (SSSR count). The summed E-state index contributed by atoms with van der Waals surface area (Å²) in [6.07, 6.45) is 4.80. The van der Waals surface area contributed by atoms with Crippen molar-refractivity contribution in [3.05, 3.63) is 29.7 Å². The van der Waals surface area contributed by atoms with Crippen LogP contribution in [0.4, 0.5) is 0 Å². The third-order valence-corrected chi connectivity index (χ3v) is 1.34. The van der Waals surface area contributed by atoms with Crippen molar-refractivity contribution in [1.82, 2.24) is 14.6 Å². The van der Waals surface area contributed by atoms with Crippen LogP contribution in [0.5, 0.6) is 0 Å². The largest absolute Gasteiger partial charge is 0.235 e. The van der Waals surface area contributed by atoms with Crippen molar-refractivity contribution in [2.75, 3.05) is 0 Å². The molecule has 3 nitrogen and oxygen atoms in total. The van der Waals surface area contributed by atoms with Crippen molar-refractivity contribution < 1.29 is 0 Å². The standard InChI is InChI=1S/C6H3ClN3/c7-5-3-8-6-1-2-9-10(6)4-5/h2-4H. The molecule has 0 amide bonds. The van der Waals surface area contributed by atoms with Crippen LogP contribution in [0.1, 0.15) is 0 Å². The SMILES string of the molecule is Clc1cnc2[c]cnn2c1.